The molecule has 1 aromatic carbocycles. The molecule has 0 bridgehead atoms. The first-order valence-electron chi connectivity index (χ1n) is 10.0. The molecule has 0 aliphatic carbocycles. The van der Waals surface area contributed by atoms with Crippen LogP contribution in [0.1, 0.15) is 19.4 Å². The third-order valence-electron chi connectivity index (χ3n) is 5.69. The van der Waals surface area contributed by atoms with Gasteiger partial charge in [0.15, 0.2) is 5.96 Å². The molecule has 2 N–H and O–H groups in total. The number of ether oxygens (including phenoxy) is 1. The van der Waals surface area contributed by atoms with E-state index in [0.29, 0.717) is 12.6 Å². The second kappa shape index (κ2) is 8.92. The number of nitrogens with zero attached hydrogens (tertiary/aromatic N) is 3. The van der Waals surface area contributed by atoms with E-state index in [1.54, 1.807) is 14.1 Å². The number of carbonyl (C=O) groups is 1. The van der Waals surface area contributed by atoms with Gasteiger partial charge in [0.25, 0.3) is 0 Å². The summed E-state index contributed by atoms with van der Waals surface area (Å²) in [5, 5.41) is 6.11. The fourth-order valence-electron chi connectivity index (χ4n) is 4.00. The van der Waals surface area contributed by atoms with E-state index >= 15 is 0 Å². The molecule has 2 saturated heterocycles. The van der Waals surface area contributed by atoms with Gasteiger partial charge in [0.1, 0.15) is 0 Å². The Morgan fingerprint density at radius 2 is 2.04 bits per heavy atom. The summed E-state index contributed by atoms with van der Waals surface area (Å²) in [6.07, 6.45) is 0.183. The van der Waals surface area contributed by atoms with E-state index in [1.807, 2.05) is 13.8 Å². The van der Waals surface area contributed by atoms with Gasteiger partial charge in [0.2, 0.25) is 5.91 Å². The molecule has 2 unspecified atom stereocenters. The lowest BCUT2D eigenvalue weighted by molar-refractivity contribution is -0.128. The van der Waals surface area contributed by atoms with Gasteiger partial charge >= 0.3 is 0 Å². The predicted octanol–water partition coefficient (Wildman–Crippen LogP) is 0.919. The van der Waals surface area contributed by atoms with Crippen LogP contribution in [0.2, 0.25) is 0 Å². The molecular formula is C21H33N5O2. The zero-order valence-electron chi connectivity index (χ0n) is 17.4. The fraction of sp³-hybridized carbons (Fsp3) is 0.619. The molecule has 3 rings (SSSR count). The maximum absolute atomic E-state index is 12.0. The Morgan fingerprint density at radius 1 is 1.29 bits per heavy atom. The number of likely N-dealkylation sites (tertiary alicyclic amines) is 1. The summed E-state index contributed by atoms with van der Waals surface area (Å²) in [5.74, 6) is 0.845. The molecule has 2 aliphatic rings. The molecule has 0 spiro atoms. The fourth-order valence-corrected chi connectivity index (χ4v) is 4.00. The molecule has 28 heavy (non-hydrogen) atoms. The highest BCUT2D eigenvalue weighted by atomic mass is 16.5. The molecule has 0 radical (unpaired) electrons. The topological polar surface area (TPSA) is 69.2 Å². The normalized spacial score (nSPS) is 23.4. The van der Waals surface area contributed by atoms with Gasteiger partial charge in [-0.2, -0.15) is 0 Å². The summed E-state index contributed by atoms with van der Waals surface area (Å²) in [6, 6.07) is 10.9. The number of nitrogens with one attached hydrogen (secondary N) is 2. The van der Waals surface area contributed by atoms with E-state index in [9.17, 15) is 4.79 Å². The first kappa shape index (κ1) is 20.6. The summed E-state index contributed by atoms with van der Waals surface area (Å²) in [4.78, 5) is 21.3. The van der Waals surface area contributed by atoms with Gasteiger partial charge in [-0.05, 0) is 19.4 Å². The van der Waals surface area contributed by atoms with Crippen molar-refractivity contribution in [3.05, 3.63) is 35.9 Å². The number of aliphatic imine (C=N–C) groups is 1. The smallest absolute Gasteiger partial charge is 0.227 e. The van der Waals surface area contributed by atoms with Crippen molar-refractivity contribution in [2.75, 3.05) is 46.9 Å². The van der Waals surface area contributed by atoms with Gasteiger partial charge in [0, 0.05) is 46.8 Å². The highest BCUT2D eigenvalue weighted by Gasteiger charge is 2.41. The summed E-state index contributed by atoms with van der Waals surface area (Å²) in [6.45, 7) is 8.72. The number of morpholine rings is 1. The number of benzene rings is 1. The average Bonchev–Trinajstić information content (AvgIpc) is 3.13. The SMILES string of the molecule is CN=C(NCC(C)(C)C(=O)NC)N1CC2OCCN(Cc3ccccc3)C2C1. The number of guanidine groups is 1. The minimum Gasteiger partial charge on any atom is -0.373 e. The van der Waals surface area contributed by atoms with Crippen molar-refractivity contribution in [1.82, 2.24) is 20.4 Å². The van der Waals surface area contributed by atoms with E-state index in [2.05, 4.69) is 55.8 Å². The van der Waals surface area contributed by atoms with Gasteiger partial charge in [-0.1, -0.05) is 30.3 Å². The molecule has 2 fully saturated rings. The standard InChI is InChI=1S/C21H33N5O2/c1-21(2,19(27)22-3)15-24-20(23-4)26-13-17-18(14-26)28-11-10-25(17)12-16-8-6-5-7-9-16/h5-9,17-18H,10-15H2,1-4H3,(H,22,27)(H,23,24). The van der Waals surface area contributed by atoms with Gasteiger partial charge in [-0.25, -0.2) is 0 Å². The highest BCUT2D eigenvalue weighted by molar-refractivity contribution is 5.84. The van der Waals surface area contributed by atoms with Crippen molar-refractivity contribution >= 4 is 11.9 Å². The second-order valence-electron chi connectivity index (χ2n) is 8.20. The van der Waals surface area contributed by atoms with Crippen LogP contribution in [0.25, 0.3) is 0 Å². The zero-order valence-corrected chi connectivity index (χ0v) is 17.4. The van der Waals surface area contributed by atoms with Crippen LogP contribution in [0, 0.1) is 5.41 Å². The van der Waals surface area contributed by atoms with Crippen LogP contribution in [0.3, 0.4) is 0 Å². The van der Waals surface area contributed by atoms with E-state index < -0.39 is 5.41 Å². The number of hydrogen-bond donors (Lipinski definition) is 2. The number of rotatable bonds is 5. The Labute approximate surface area is 168 Å². The van der Waals surface area contributed by atoms with E-state index in [1.165, 1.54) is 5.56 Å². The van der Waals surface area contributed by atoms with Crippen LogP contribution in [-0.2, 0) is 16.1 Å². The number of fused-ring (bicyclic) bond motifs is 1. The van der Waals surface area contributed by atoms with Gasteiger partial charge in [-0.3, -0.25) is 14.7 Å². The largest absolute Gasteiger partial charge is 0.373 e. The summed E-state index contributed by atoms with van der Waals surface area (Å²) >= 11 is 0. The first-order chi connectivity index (χ1) is 13.4. The molecule has 7 nitrogen and oxygen atoms in total. The monoisotopic (exact) mass is 387 g/mol. The number of amides is 1. The quantitative estimate of drug-likeness (QED) is 0.581. The molecular weight excluding hydrogens is 354 g/mol. The van der Waals surface area contributed by atoms with Gasteiger partial charge in [-0.15, -0.1) is 0 Å². The van der Waals surface area contributed by atoms with Crippen LogP contribution >= 0.6 is 0 Å². The maximum Gasteiger partial charge on any atom is 0.227 e. The van der Waals surface area contributed by atoms with Crippen LogP contribution in [0.15, 0.2) is 35.3 Å². The molecule has 1 amide bonds. The number of carbonyl (C=O) groups excluding carboxylic acids is 1. The van der Waals surface area contributed by atoms with Crippen molar-refractivity contribution in [2.24, 2.45) is 10.4 Å². The van der Waals surface area contributed by atoms with Gasteiger partial charge < -0.3 is 20.3 Å². The Balaban J connectivity index is 1.62. The van der Waals surface area contributed by atoms with E-state index in [0.717, 1.165) is 38.7 Å². The molecule has 2 atom stereocenters. The number of hydrogen-bond acceptors (Lipinski definition) is 4. The highest BCUT2D eigenvalue weighted by Crippen LogP contribution is 2.25. The van der Waals surface area contributed by atoms with Crippen molar-refractivity contribution in [2.45, 2.75) is 32.5 Å². The van der Waals surface area contributed by atoms with Crippen molar-refractivity contribution in [1.29, 1.82) is 0 Å². The zero-order chi connectivity index (χ0) is 20.1. The van der Waals surface area contributed by atoms with Crippen LogP contribution in [-0.4, -0.2) is 80.7 Å². The first-order valence-corrected chi connectivity index (χ1v) is 10.0. The van der Waals surface area contributed by atoms with Gasteiger partial charge in [0.05, 0.1) is 24.2 Å². The molecule has 154 valence electrons. The summed E-state index contributed by atoms with van der Waals surface area (Å²) in [5.41, 5.74) is 0.823. The average molecular weight is 388 g/mol. The van der Waals surface area contributed by atoms with Crippen molar-refractivity contribution in [3.8, 4) is 0 Å². The van der Waals surface area contributed by atoms with E-state index in [-0.39, 0.29) is 12.0 Å². The lowest BCUT2D eigenvalue weighted by Gasteiger charge is -2.36. The summed E-state index contributed by atoms with van der Waals surface area (Å²) < 4.78 is 6.07. The molecule has 7 heteroatoms. The molecule has 2 aliphatic heterocycles. The van der Waals surface area contributed by atoms with Crippen molar-refractivity contribution < 1.29 is 9.53 Å². The summed E-state index contributed by atoms with van der Waals surface area (Å²) in [7, 11) is 3.46. The Bertz CT molecular complexity index is 691. The minimum absolute atomic E-state index is 0.0166. The van der Waals surface area contributed by atoms with E-state index in [4.69, 9.17) is 4.74 Å². The Morgan fingerprint density at radius 3 is 2.71 bits per heavy atom. The molecule has 0 saturated carbocycles. The van der Waals surface area contributed by atoms with Crippen LogP contribution in [0.4, 0.5) is 0 Å². The molecule has 1 aromatic rings. The third-order valence-corrected chi connectivity index (χ3v) is 5.69. The van der Waals surface area contributed by atoms with Crippen molar-refractivity contribution in [3.63, 3.8) is 0 Å². The maximum atomic E-state index is 12.0. The Kier molecular flexibility index (Phi) is 6.57. The lowest BCUT2D eigenvalue weighted by atomic mass is 9.92. The Hall–Kier alpha value is -2.12. The van der Waals surface area contributed by atoms with Crippen LogP contribution < -0.4 is 10.6 Å². The van der Waals surface area contributed by atoms with Crippen LogP contribution in [0.5, 0.6) is 0 Å². The lowest BCUT2D eigenvalue weighted by Crippen LogP contribution is -2.50. The predicted molar refractivity (Wildman–Crippen MR) is 111 cm³/mol. The third kappa shape index (κ3) is 4.64. The molecule has 0 aromatic heterocycles. The minimum atomic E-state index is -0.507. The molecule has 2 heterocycles. The second-order valence-corrected chi connectivity index (χ2v) is 8.20.